The second-order valence-corrected chi connectivity index (χ2v) is 2.67. The molecule has 4 N–H and O–H groups in total. The van der Waals surface area contributed by atoms with Gasteiger partial charge in [-0.1, -0.05) is 0 Å². The third-order valence-electron chi connectivity index (χ3n) is 1.71. The van der Waals surface area contributed by atoms with Gasteiger partial charge in [0.2, 0.25) is 0 Å². The van der Waals surface area contributed by atoms with Crippen molar-refractivity contribution < 1.29 is 14.3 Å². The highest BCUT2D eigenvalue weighted by Crippen LogP contribution is 2.09. The van der Waals surface area contributed by atoms with E-state index >= 15 is 0 Å². The van der Waals surface area contributed by atoms with Crippen LogP contribution in [0.4, 0.5) is 10.5 Å². The molecule has 0 bridgehead atoms. The van der Waals surface area contributed by atoms with Crippen LogP contribution < -0.4 is 16.6 Å². The number of anilines is 1. The molecule has 16 heavy (non-hydrogen) atoms. The van der Waals surface area contributed by atoms with E-state index in [0.29, 0.717) is 11.3 Å². The number of carbonyl (C=O) groups is 2. The van der Waals surface area contributed by atoms with Gasteiger partial charge < -0.3 is 4.74 Å². The molecule has 7 heteroatoms. The third kappa shape index (κ3) is 3.76. The van der Waals surface area contributed by atoms with E-state index in [1.165, 1.54) is 19.2 Å². The number of nitrogens with two attached hydrogens (primary N) is 1. The smallest absolute Gasteiger partial charge is 0.411 e. The van der Waals surface area contributed by atoms with Gasteiger partial charge in [-0.25, -0.2) is 10.6 Å². The Morgan fingerprint density at radius 3 is 2.25 bits per heavy atom. The Balaban J connectivity index is 0.00000225. The number of ether oxygens (including phenoxy) is 1. The van der Waals surface area contributed by atoms with E-state index in [1.807, 2.05) is 5.43 Å². The quantitative estimate of drug-likeness (QED) is 0.410. The lowest BCUT2D eigenvalue weighted by atomic mass is 10.2. The Morgan fingerprint density at radius 1 is 1.25 bits per heavy atom. The first-order chi connectivity index (χ1) is 7.17. The van der Waals surface area contributed by atoms with E-state index < -0.39 is 6.09 Å². The van der Waals surface area contributed by atoms with Crippen molar-refractivity contribution in [3.05, 3.63) is 29.8 Å². The van der Waals surface area contributed by atoms with E-state index in [4.69, 9.17) is 5.84 Å². The molecule has 1 aromatic carbocycles. The minimum absolute atomic E-state index is 0. The molecule has 0 aromatic heterocycles. The highest BCUT2D eigenvalue weighted by Gasteiger charge is 2.04. The van der Waals surface area contributed by atoms with Crippen LogP contribution in [0.15, 0.2) is 24.3 Å². The van der Waals surface area contributed by atoms with Gasteiger partial charge in [0, 0.05) is 11.3 Å². The number of hydrogen-bond acceptors (Lipinski definition) is 4. The van der Waals surface area contributed by atoms with Crippen molar-refractivity contribution in [3.63, 3.8) is 0 Å². The molecular formula is C9H12ClN3O3. The fraction of sp³-hybridized carbons (Fsp3) is 0.111. The Bertz CT molecular complexity index is 367. The molecule has 0 saturated carbocycles. The predicted octanol–water partition coefficient (Wildman–Crippen LogP) is 0.890. The summed E-state index contributed by atoms with van der Waals surface area (Å²) in [5.41, 5.74) is 2.95. The van der Waals surface area contributed by atoms with Crippen molar-refractivity contribution in [2.45, 2.75) is 0 Å². The molecule has 0 radical (unpaired) electrons. The van der Waals surface area contributed by atoms with E-state index in [9.17, 15) is 9.59 Å². The molecule has 0 aliphatic carbocycles. The van der Waals surface area contributed by atoms with Gasteiger partial charge >= 0.3 is 6.09 Å². The molecule has 6 nitrogen and oxygen atoms in total. The van der Waals surface area contributed by atoms with Gasteiger partial charge in [0.15, 0.2) is 0 Å². The first-order valence-electron chi connectivity index (χ1n) is 4.13. The maximum atomic E-state index is 11.1. The Hall–Kier alpha value is -1.79. The molecule has 0 heterocycles. The minimum Gasteiger partial charge on any atom is -0.453 e. The summed E-state index contributed by atoms with van der Waals surface area (Å²) in [7, 11) is 1.27. The summed E-state index contributed by atoms with van der Waals surface area (Å²) in [6.45, 7) is 0. The molecule has 88 valence electrons. The van der Waals surface area contributed by atoms with Crippen molar-refractivity contribution in [1.29, 1.82) is 0 Å². The maximum Gasteiger partial charge on any atom is 0.411 e. The topological polar surface area (TPSA) is 93.4 Å². The normalized spacial score (nSPS) is 8.62. The minimum atomic E-state index is -0.564. The van der Waals surface area contributed by atoms with Gasteiger partial charge in [-0.2, -0.15) is 0 Å². The number of nitrogen functional groups attached to an aromatic ring is 1. The summed E-state index contributed by atoms with van der Waals surface area (Å²) >= 11 is 0. The highest BCUT2D eigenvalue weighted by atomic mass is 35.5. The molecule has 0 saturated heterocycles. The number of hydrogen-bond donors (Lipinski definition) is 3. The number of amides is 2. The molecular weight excluding hydrogens is 234 g/mol. The van der Waals surface area contributed by atoms with Gasteiger partial charge in [0.1, 0.15) is 0 Å². The maximum absolute atomic E-state index is 11.1. The van der Waals surface area contributed by atoms with Crippen LogP contribution in [0.5, 0.6) is 0 Å². The van der Waals surface area contributed by atoms with Crippen LogP contribution in [-0.2, 0) is 4.74 Å². The number of nitrogens with one attached hydrogen (secondary N) is 2. The van der Waals surface area contributed by atoms with Crippen molar-refractivity contribution in [3.8, 4) is 0 Å². The average molecular weight is 246 g/mol. The van der Waals surface area contributed by atoms with Gasteiger partial charge in [-0.15, -0.1) is 12.4 Å². The Kier molecular flexibility index (Phi) is 5.91. The van der Waals surface area contributed by atoms with Gasteiger partial charge in [0.25, 0.3) is 5.91 Å². The molecule has 1 aromatic rings. The van der Waals surface area contributed by atoms with E-state index in [2.05, 4.69) is 10.1 Å². The van der Waals surface area contributed by atoms with Crippen LogP contribution in [0.2, 0.25) is 0 Å². The van der Waals surface area contributed by atoms with Gasteiger partial charge in [-0.05, 0) is 24.3 Å². The molecule has 0 fully saturated rings. The monoisotopic (exact) mass is 245 g/mol. The second-order valence-electron chi connectivity index (χ2n) is 2.67. The Labute approximate surface area is 98.5 Å². The highest BCUT2D eigenvalue weighted by molar-refractivity contribution is 5.94. The number of halogens is 1. The lowest BCUT2D eigenvalue weighted by Crippen LogP contribution is -2.29. The summed E-state index contributed by atoms with van der Waals surface area (Å²) in [6.07, 6.45) is -0.564. The Morgan fingerprint density at radius 2 is 1.81 bits per heavy atom. The molecule has 0 aliphatic rings. The van der Waals surface area contributed by atoms with E-state index in [0.717, 1.165) is 0 Å². The second kappa shape index (κ2) is 6.65. The van der Waals surface area contributed by atoms with E-state index in [-0.39, 0.29) is 18.3 Å². The molecule has 1 rings (SSSR count). The number of hydrazine groups is 1. The first-order valence-corrected chi connectivity index (χ1v) is 4.13. The van der Waals surface area contributed by atoms with Crippen molar-refractivity contribution in [2.75, 3.05) is 12.4 Å². The number of rotatable bonds is 2. The number of carbonyl (C=O) groups excluding carboxylic acids is 2. The first kappa shape index (κ1) is 14.2. The SMILES string of the molecule is COC(=O)Nc1ccc(C(=O)NN)cc1.Cl. The van der Waals surface area contributed by atoms with Crippen LogP contribution in [0.25, 0.3) is 0 Å². The largest absolute Gasteiger partial charge is 0.453 e. The van der Waals surface area contributed by atoms with Crippen molar-refractivity contribution in [2.24, 2.45) is 5.84 Å². The lowest BCUT2D eigenvalue weighted by molar-refractivity contribution is 0.0953. The summed E-state index contributed by atoms with van der Waals surface area (Å²) in [5.74, 6) is 4.57. The van der Waals surface area contributed by atoms with Crippen molar-refractivity contribution in [1.82, 2.24) is 5.43 Å². The van der Waals surface area contributed by atoms with Crippen LogP contribution >= 0.6 is 12.4 Å². The third-order valence-corrected chi connectivity index (χ3v) is 1.71. The molecule has 0 aliphatic heterocycles. The number of benzene rings is 1. The molecule has 0 spiro atoms. The van der Waals surface area contributed by atoms with Gasteiger partial charge in [-0.3, -0.25) is 15.5 Å². The van der Waals surface area contributed by atoms with E-state index in [1.54, 1.807) is 12.1 Å². The predicted molar refractivity (Wildman–Crippen MR) is 61.4 cm³/mol. The van der Waals surface area contributed by atoms with Crippen molar-refractivity contribution >= 4 is 30.1 Å². The van der Waals surface area contributed by atoms with Crippen LogP contribution in [0.3, 0.4) is 0 Å². The van der Waals surface area contributed by atoms with Crippen LogP contribution in [-0.4, -0.2) is 19.1 Å². The average Bonchev–Trinajstić information content (AvgIpc) is 2.29. The summed E-state index contributed by atoms with van der Waals surface area (Å²) in [5, 5.41) is 2.45. The van der Waals surface area contributed by atoms with Gasteiger partial charge in [0.05, 0.1) is 7.11 Å². The molecule has 0 unspecified atom stereocenters. The molecule has 0 atom stereocenters. The summed E-state index contributed by atoms with van der Waals surface area (Å²) in [4.78, 5) is 21.9. The fourth-order valence-electron chi connectivity index (χ4n) is 0.957. The molecule has 2 amide bonds. The zero-order chi connectivity index (χ0) is 11.3. The zero-order valence-electron chi connectivity index (χ0n) is 8.52. The zero-order valence-corrected chi connectivity index (χ0v) is 9.34. The summed E-state index contributed by atoms with van der Waals surface area (Å²) in [6, 6.07) is 6.21. The summed E-state index contributed by atoms with van der Waals surface area (Å²) < 4.78 is 4.40. The fourth-order valence-corrected chi connectivity index (χ4v) is 0.957. The number of methoxy groups -OCH3 is 1. The lowest BCUT2D eigenvalue weighted by Gasteiger charge is -2.04. The van der Waals surface area contributed by atoms with Crippen LogP contribution in [0, 0.1) is 0 Å². The standard InChI is InChI=1S/C9H11N3O3.ClH/c1-15-9(14)11-7-4-2-6(3-5-7)8(13)12-10;/h2-5H,10H2,1H3,(H,11,14)(H,12,13);1H. The van der Waals surface area contributed by atoms with Crippen LogP contribution in [0.1, 0.15) is 10.4 Å².